The maximum Gasteiger partial charge on any atom is 0.257 e. The minimum absolute atomic E-state index is 0.173. The molecule has 0 atom stereocenters. The van der Waals surface area contributed by atoms with E-state index in [2.05, 4.69) is 10.2 Å². The van der Waals surface area contributed by atoms with E-state index in [-0.39, 0.29) is 5.88 Å². The molecule has 0 spiro atoms. The van der Waals surface area contributed by atoms with Crippen LogP contribution in [0.25, 0.3) is 0 Å². The second-order valence-electron chi connectivity index (χ2n) is 3.34. The summed E-state index contributed by atoms with van der Waals surface area (Å²) in [5, 5.41) is 16.4. The van der Waals surface area contributed by atoms with Crippen LogP contribution in [0.2, 0.25) is 0 Å². The molecule has 1 aromatic heterocycles. The first-order chi connectivity index (χ1) is 8.85. The summed E-state index contributed by atoms with van der Waals surface area (Å²) in [6.45, 7) is 2.42. The third-order valence-corrected chi connectivity index (χ3v) is 2.16. The van der Waals surface area contributed by atoms with Gasteiger partial charge in [0.1, 0.15) is 11.6 Å². The molecule has 0 unspecified atom stereocenters. The number of rotatable bonds is 4. The molecule has 0 amide bonds. The van der Waals surface area contributed by atoms with E-state index in [9.17, 15) is 0 Å². The summed E-state index contributed by atoms with van der Waals surface area (Å²) in [5.41, 5.74) is 0.330. The standard InChI is InChI=1S/C13H11N3O2/c1-2-17-11-5-3-4-6-12(11)18-13-10(9-14)7-8-15-16-13/h3-8H,2H2,1H3. The van der Waals surface area contributed by atoms with Gasteiger partial charge >= 0.3 is 0 Å². The number of para-hydroxylation sites is 2. The van der Waals surface area contributed by atoms with Crippen LogP contribution in [0.3, 0.4) is 0 Å². The Bertz CT molecular complexity index is 578. The average Bonchev–Trinajstić information content (AvgIpc) is 2.42. The van der Waals surface area contributed by atoms with Crippen LogP contribution < -0.4 is 9.47 Å². The summed E-state index contributed by atoms with van der Waals surface area (Å²) in [6.07, 6.45) is 1.44. The van der Waals surface area contributed by atoms with Gasteiger partial charge in [-0.3, -0.25) is 0 Å². The lowest BCUT2D eigenvalue weighted by Gasteiger charge is -2.10. The highest BCUT2D eigenvalue weighted by atomic mass is 16.5. The molecule has 0 saturated heterocycles. The number of hydrogen-bond acceptors (Lipinski definition) is 5. The van der Waals surface area contributed by atoms with Gasteiger partial charge in [-0.2, -0.15) is 10.4 Å². The van der Waals surface area contributed by atoms with Crippen molar-refractivity contribution in [2.45, 2.75) is 6.92 Å². The number of nitriles is 1. The average molecular weight is 241 g/mol. The Morgan fingerprint density at radius 2 is 2.00 bits per heavy atom. The van der Waals surface area contributed by atoms with Crippen LogP contribution >= 0.6 is 0 Å². The van der Waals surface area contributed by atoms with Gasteiger partial charge in [-0.15, -0.1) is 5.10 Å². The zero-order chi connectivity index (χ0) is 12.8. The highest BCUT2D eigenvalue weighted by Crippen LogP contribution is 2.31. The van der Waals surface area contributed by atoms with Crippen LogP contribution in [0.15, 0.2) is 36.5 Å². The number of aromatic nitrogens is 2. The summed E-state index contributed by atoms with van der Waals surface area (Å²) in [7, 11) is 0. The van der Waals surface area contributed by atoms with Gasteiger partial charge in [0.25, 0.3) is 5.88 Å². The molecule has 0 radical (unpaired) electrons. The van der Waals surface area contributed by atoms with Gasteiger partial charge in [-0.05, 0) is 25.1 Å². The van der Waals surface area contributed by atoms with Crippen LogP contribution in [-0.2, 0) is 0 Å². The Morgan fingerprint density at radius 1 is 1.22 bits per heavy atom. The van der Waals surface area contributed by atoms with Crippen LogP contribution in [0.5, 0.6) is 17.4 Å². The lowest BCUT2D eigenvalue weighted by Crippen LogP contribution is -1.97. The Kier molecular flexibility index (Phi) is 3.72. The van der Waals surface area contributed by atoms with Crippen LogP contribution in [0.1, 0.15) is 12.5 Å². The predicted molar refractivity (Wildman–Crippen MR) is 64.4 cm³/mol. The normalized spacial score (nSPS) is 9.56. The summed E-state index contributed by atoms with van der Waals surface area (Å²) < 4.78 is 11.0. The summed E-state index contributed by atoms with van der Waals surface area (Å²) in [6, 6.07) is 10.8. The van der Waals surface area contributed by atoms with Crippen LogP contribution in [-0.4, -0.2) is 16.8 Å². The van der Waals surface area contributed by atoms with Gasteiger partial charge in [-0.25, -0.2) is 0 Å². The van der Waals surface area contributed by atoms with E-state index >= 15 is 0 Å². The molecule has 0 bridgehead atoms. The Labute approximate surface area is 105 Å². The molecule has 0 aliphatic heterocycles. The van der Waals surface area contributed by atoms with Crippen molar-refractivity contribution in [2.24, 2.45) is 0 Å². The zero-order valence-corrected chi connectivity index (χ0v) is 9.83. The predicted octanol–water partition coefficient (Wildman–Crippen LogP) is 2.54. The molecule has 0 fully saturated rings. The van der Waals surface area contributed by atoms with Crippen molar-refractivity contribution < 1.29 is 9.47 Å². The number of benzene rings is 1. The molecule has 5 nitrogen and oxygen atoms in total. The number of hydrogen-bond donors (Lipinski definition) is 0. The van der Waals surface area contributed by atoms with E-state index in [1.54, 1.807) is 18.2 Å². The maximum atomic E-state index is 8.94. The van der Waals surface area contributed by atoms with E-state index in [1.807, 2.05) is 25.1 Å². The molecular formula is C13H11N3O2. The SMILES string of the molecule is CCOc1ccccc1Oc1nnccc1C#N. The lowest BCUT2D eigenvalue weighted by molar-refractivity contribution is 0.318. The highest BCUT2D eigenvalue weighted by molar-refractivity contribution is 5.44. The molecule has 90 valence electrons. The van der Waals surface area contributed by atoms with Crippen molar-refractivity contribution >= 4 is 0 Å². The fourth-order valence-corrected chi connectivity index (χ4v) is 1.39. The second kappa shape index (κ2) is 5.64. The van der Waals surface area contributed by atoms with E-state index in [1.165, 1.54) is 6.20 Å². The van der Waals surface area contributed by atoms with E-state index in [0.29, 0.717) is 23.7 Å². The lowest BCUT2D eigenvalue weighted by atomic mass is 10.3. The van der Waals surface area contributed by atoms with Crippen LogP contribution in [0.4, 0.5) is 0 Å². The third kappa shape index (κ3) is 2.55. The number of nitrogens with zero attached hydrogens (tertiary/aromatic N) is 3. The second-order valence-corrected chi connectivity index (χ2v) is 3.34. The minimum atomic E-state index is 0.173. The minimum Gasteiger partial charge on any atom is -0.490 e. The third-order valence-electron chi connectivity index (χ3n) is 2.16. The van der Waals surface area contributed by atoms with E-state index in [4.69, 9.17) is 14.7 Å². The molecule has 0 saturated carbocycles. The van der Waals surface area contributed by atoms with Crippen molar-refractivity contribution in [2.75, 3.05) is 6.61 Å². The van der Waals surface area contributed by atoms with Gasteiger partial charge in [0.15, 0.2) is 11.5 Å². The molecule has 1 heterocycles. The topological polar surface area (TPSA) is 68.0 Å². The van der Waals surface area contributed by atoms with Crippen molar-refractivity contribution in [3.63, 3.8) is 0 Å². The van der Waals surface area contributed by atoms with Gasteiger partial charge < -0.3 is 9.47 Å². The van der Waals surface area contributed by atoms with Gasteiger partial charge in [-0.1, -0.05) is 12.1 Å². The van der Waals surface area contributed by atoms with Gasteiger partial charge in [0.2, 0.25) is 0 Å². The van der Waals surface area contributed by atoms with E-state index < -0.39 is 0 Å². The Balaban J connectivity index is 2.31. The Hall–Kier alpha value is -2.61. The summed E-state index contributed by atoms with van der Waals surface area (Å²) in [4.78, 5) is 0. The van der Waals surface area contributed by atoms with Crippen molar-refractivity contribution in [1.82, 2.24) is 10.2 Å². The first-order valence-corrected chi connectivity index (χ1v) is 5.46. The molecule has 0 aliphatic rings. The molecule has 0 aliphatic carbocycles. The fraction of sp³-hybridized carbons (Fsp3) is 0.154. The summed E-state index contributed by atoms with van der Waals surface area (Å²) in [5.74, 6) is 1.29. The quantitative estimate of drug-likeness (QED) is 0.822. The molecule has 2 aromatic rings. The van der Waals surface area contributed by atoms with Crippen LogP contribution in [0, 0.1) is 11.3 Å². The molecule has 18 heavy (non-hydrogen) atoms. The monoisotopic (exact) mass is 241 g/mol. The van der Waals surface area contributed by atoms with Gasteiger partial charge in [0, 0.05) is 0 Å². The Morgan fingerprint density at radius 3 is 2.72 bits per heavy atom. The largest absolute Gasteiger partial charge is 0.490 e. The first-order valence-electron chi connectivity index (χ1n) is 5.46. The highest BCUT2D eigenvalue weighted by Gasteiger charge is 2.10. The van der Waals surface area contributed by atoms with Gasteiger partial charge in [0.05, 0.1) is 12.8 Å². The first kappa shape index (κ1) is 11.9. The maximum absolute atomic E-state index is 8.94. The van der Waals surface area contributed by atoms with Crippen molar-refractivity contribution in [3.05, 3.63) is 42.1 Å². The zero-order valence-electron chi connectivity index (χ0n) is 9.83. The van der Waals surface area contributed by atoms with Crippen molar-refractivity contribution in [1.29, 1.82) is 5.26 Å². The molecule has 0 N–H and O–H groups in total. The molecule has 2 rings (SSSR count). The molecule has 5 heteroatoms. The smallest absolute Gasteiger partial charge is 0.257 e. The number of ether oxygens (including phenoxy) is 2. The molecular weight excluding hydrogens is 230 g/mol. The van der Waals surface area contributed by atoms with E-state index in [0.717, 1.165) is 0 Å². The molecule has 1 aromatic carbocycles. The fourth-order valence-electron chi connectivity index (χ4n) is 1.39. The van der Waals surface area contributed by atoms with Crippen molar-refractivity contribution in [3.8, 4) is 23.4 Å². The summed E-state index contributed by atoms with van der Waals surface area (Å²) >= 11 is 0.